The van der Waals surface area contributed by atoms with E-state index >= 15 is 0 Å². The van der Waals surface area contributed by atoms with Gasteiger partial charge < -0.3 is 4.52 Å². The predicted molar refractivity (Wildman–Crippen MR) is 119 cm³/mol. The summed E-state index contributed by atoms with van der Waals surface area (Å²) < 4.78 is 6.95. The van der Waals surface area contributed by atoms with Crippen molar-refractivity contribution in [2.45, 2.75) is 27.2 Å². The summed E-state index contributed by atoms with van der Waals surface area (Å²) in [6, 6.07) is 15.7. The zero-order chi connectivity index (χ0) is 21.5. The summed E-state index contributed by atoms with van der Waals surface area (Å²) in [5.41, 5.74) is 7.81. The number of fused-ring (bicyclic) bond motifs is 2. The number of carbonyl (C=O) groups excluding carboxylic acids is 1. The lowest BCUT2D eigenvalue weighted by Crippen LogP contribution is -2.15. The van der Waals surface area contributed by atoms with Gasteiger partial charge in [-0.3, -0.25) is 10.1 Å². The average Bonchev–Trinajstić information content (AvgIpc) is 3.30. The number of para-hydroxylation sites is 1. The first kappa shape index (κ1) is 19.0. The van der Waals surface area contributed by atoms with E-state index in [0.29, 0.717) is 16.9 Å². The molecular formula is C24H21N5O2. The second kappa shape index (κ2) is 7.36. The van der Waals surface area contributed by atoms with Gasteiger partial charge in [-0.25, -0.2) is 4.52 Å². The van der Waals surface area contributed by atoms with Gasteiger partial charge in [0.2, 0.25) is 11.9 Å². The van der Waals surface area contributed by atoms with E-state index in [0.717, 1.165) is 10.9 Å². The van der Waals surface area contributed by atoms with Crippen LogP contribution in [0.5, 0.6) is 0 Å². The van der Waals surface area contributed by atoms with Crippen LogP contribution in [-0.4, -0.2) is 25.7 Å². The third-order valence-electron chi connectivity index (χ3n) is 5.33. The van der Waals surface area contributed by atoms with Crippen LogP contribution in [0.1, 0.15) is 22.4 Å². The Hall–Kier alpha value is -4.00. The highest BCUT2D eigenvalue weighted by molar-refractivity contribution is 5.93. The third kappa shape index (κ3) is 3.54. The standard InChI is InChI=1S/C24H21N5O2/c1-14-10-15(2)23(16(3)11-14)17-8-9-21-25-24(27-29(21)13-17)26-22(30)12-19-18-6-4-5-7-20(18)31-28-19/h4-11,13H,12H2,1-3H3,(H,26,27,30). The molecule has 5 rings (SSSR count). The number of pyridine rings is 1. The van der Waals surface area contributed by atoms with E-state index in [2.05, 4.69) is 53.5 Å². The molecule has 0 saturated carbocycles. The zero-order valence-corrected chi connectivity index (χ0v) is 17.5. The van der Waals surface area contributed by atoms with Crippen molar-refractivity contribution in [2.24, 2.45) is 0 Å². The minimum absolute atomic E-state index is 0.0829. The third-order valence-corrected chi connectivity index (χ3v) is 5.33. The van der Waals surface area contributed by atoms with Gasteiger partial charge in [0.15, 0.2) is 11.2 Å². The topological polar surface area (TPSA) is 85.3 Å². The number of benzene rings is 2. The molecular weight excluding hydrogens is 390 g/mol. The molecule has 2 aromatic carbocycles. The van der Waals surface area contributed by atoms with Gasteiger partial charge in [0.05, 0.1) is 6.42 Å². The van der Waals surface area contributed by atoms with Crippen molar-refractivity contribution in [3.05, 3.63) is 77.1 Å². The molecule has 1 amide bonds. The number of amides is 1. The molecule has 154 valence electrons. The molecule has 3 heterocycles. The highest BCUT2D eigenvalue weighted by Crippen LogP contribution is 2.28. The fourth-order valence-electron chi connectivity index (χ4n) is 4.11. The number of aryl methyl sites for hydroxylation is 3. The SMILES string of the molecule is Cc1cc(C)c(-c2ccc3nc(NC(=O)Cc4noc5ccccc45)nn3c2)c(C)c1. The molecule has 0 aliphatic carbocycles. The summed E-state index contributed by atoms with van der Waals surface area (Å²) in [6.45, 7) is 6.32. The number of carbonyl (C=O) groups is 1. The van der Waals surface area contributed by atoms with Gasteiger partial charge in [-0.1, -0.05) is 35.0 Å². The minimum atomic E-state index is -0.250. The van der Waals surface area contributed by atoms with E-state index in [1.807, 2.05) is 42.6 Å². The predicted octanol–water partition coefficient (Wildman–Crippen LogP) is 4.64. The molecule has 0 aliphatic rings. The molecule has 0 radical (unpaired) electrons. The number of nitrogens with one attached hydrogen (secondary N) is 1. The van der Waals surface area contributed by atoms with Crippen molar-refractivity contribution in [1.82, 2.24) is 19.8 Å². The molecule has 0 fully saturated rings. The fraction of sp³-hybridized carbons (Fsp3) is 0.167. The molecule has 0 aliphatic heterocycles. The number of nitrogens with zero attached hydrogens (tertiary/aromatic N) is 4. The van der Waals surface area contributed by atoms with Crippen LogP contribution in [0.2, 0.25) is 0 Å². The van der Waals surface area contributed by atoms with Crippen LogP contribution < -0.4 is 5.32 Å². The first-order valence-electron chi connectivity index (χ1n) is 10.1. The van der Waals surface area contributed by atoms with Crippen LogP contribution in [0, 0.1) is 20.8 Å². The molecule has 0 unspecified atom stereocenters. The van der Waals surface area contributed by atoms with Crippen LogP contribution in [0.3, 0.4) is 0 Å². The molecule has 0 atom stereocenters. The second-order valence-corrected chi connectivity index (χ2v) is 7.78. The van der Waals surface area contributed by atoms with Crippen molar-refractivity contribution in [3.8, 4) is 11.1 Å². The molecule has 0 spiro atoms. The minimum Gasteiger partial charge on any atom is -0.356 e. The second-order valence-electron chi connectivity index (χ2n) is 7.78. The molecule has 7 heteroatoms. The largest absolute Gasteiger partial charge is 0.356 e. The molecule has 5 aromatic rings. The maximum absolute atomic E-state index is 12.5. The van der Waals surface area contributed by atoms with Gasteiger partial charge in [0.1, 0.15) is 5.69 Å². The summed E-state index contributed by atoms with van der Waals surface area (Å²) in [4.78, 5) is 16.9. The van der Waals surface area contributed by atoms with Gasteiger partial charge >= 0.3 is 0 Å². The van der Waals surface area contributed by atoms with Crippen LogP contribution in [0.4, 0.5) is 5.95 Å². The van der Waals surface area contributed by atoms with Gasteiger partial charge in [0, 0.05) is 17.1 Å². The maximum atomic E-state index is 12.5. The van der Waals surface area contributed by atoms with Gasteiger partial charge in [-0.05, 0) is 61.7 Å². The Morgan fingerprint density at radius 3 is 2.65 bits per heavy atom. The van der Waals surface area contributed by atoms with Crippen LogP contribution in [0.25, 0.3) is 27.7 Å². The van der Waals surface area contributed by atoms with E-state index in [-0.39, 0.29) is 18.3 Å². The van der Waals surface area contributed by atoms with Crippen LogP contribution >= 0.6 is 0 Å². The summed E-state index contributed by atoms with van der Waals surface area (Å²) in [6.07, 6.45) is 2.02. The monoisotopic (exact) mass is 411 g/mol. The number of rotatable bonds is 4. The van der Waals surface area contributed by atoms with E-state index in [1.165, 1.54) is 22.3 Å². The van der Waals surface area contributed by atoms with Gasteiger partial charge in [-0.15, -0.1) is 5.10 Å². The van der Waals surface area contributed by atoms with E-state index < -0.39 is 0 Å². The maximum Gasteiger partial charge on any atom is 0.249 e. The van der Waals surface area contributed by atoms with E-state index in [9.17, 15) is 4.79 Å². The van der Waals surface area contributed by atoms with E-state index in [1.54, 1.807) is 4.52 Å². The zero-order valence-electron chi connectivity index (χ0n) is 17.5. The molecule has 0 saturated heterocycles. The molecule has 1 N–H and O–H groups in total. The van der Waals surface area contributed by atoms with Crippen molar-refractivity contribution < 1.29 is 9.32 Å². The number of hydrogen-bond donors (Lipinski definition) is 1. The lowest BCUT2D eigenvalue weighted by atomic mass is 9.95. The molecule has 0 bridgehead atoms. The van der Waals surface area contributed by atoms with E-state index in [4.69, 9.17) is 4.52 Å². The lowest BCUT2D eigenvalue weighted by molar-refractivity contribution is -0.115. The van der Waals surface area contributed by atoms with Crippen LogP contribution in [0.15, 0.2) is 59.3 Å². The summed E-state index contributed by atoms with van der Waals surface area (Å²) in [5.74, 6) is 0.00714. The Morgan fingerprint density at radius 2 is 1.84 bits per heavy atom. The fourth-order valence-corrected chi connectivity index (χ4v) is 4.11. The van der Waals surface area contributed by atoms with Crippen molar-refractivity contribution in [1.29, 1.82) is 0 Å². The van der Waals surface area contributed by atoms with Crippen molar-refractivity contribution >= 4 is 28.5 Å². The highest BCUT2D eigenvalue weighted by atomic mass is 16.5. The van der Waals surface area contributed by atoms with Crippen LogP contribution in [-0.2, 0) is 11.2 Å². The smallest absolute Gasteiger partial charge is 0.249 e. The Kier molecular flexibility index (Phi) is 4.51. The highest BCUT2D eigenvalue weighted by Gasteiger charge is 2.15. The van der Waals surface area contributed by atoms with Crippen molar-refractivity contribution in [2.75, 3.05) is 5.32 Å². The van der Waals surface area contributed by atoms with Gasteiger partial charge in [0.25, 0.3) is 0 Å². The number of anilines is 1. The van der Waals surface area contributed by atoms with Crippen molar-refractivity contribution in [3.63, 3.8) is 0 Å². The average molecular weight is 411 g/mol. The Morgan fingerprint density at radius 1 is 1.06 bits per heavy atom. The first-order chi connectivity index (χ1) is 15.0. The Labute approximate surface area is 178 Å². The Balaban J connectivity index is 1.40. The number of hydrogen-bond acceptors (Lipinski definition) is 5. The number of aromatic nitrogens is 4. The Bertz CT molecular complexity index is 1420. The molecule has 3 aromatic heterocycles. The van der Waals surface area contributed by atoms with Gasteiger partial charge in [-0.2, -0.15) is 4.98 Å². The molecule has 7 nitrogen and oxygen atoms in total. The normalized spacial score (nSPS) is 11.3. The lowest BCUT2D eigenvalue weighted by Gasteiger charge is -2.11. The quantitative estimate of drug-likeness (QED) is 0.465. The summed E-state index contributed by atoms with van der Waals surface area (Å²) in [7, 11) is 0. The molecule has 31 heavy (non-hydrogen) atoms. The summed E-state index contributed by atoms with van der Waals surface area (Å²) in [5, 5.41) is 12.0. The first-order valence-corrected chi connectivity index (χ1v) is 10.1. The summed E-state index contributed by atoms with van der Waals surface area (Å²) >= 11 is 0.